The third-order valence-electron chi connectivity index (χ3n) is 2.79. The molecule has 1 amide bonds. The number of nitrogens with one attached hydrogen (secondary N) is 1. The number of aliphatic hydroxyl groups excluding tert-OH is 1. The highest BCUT2D eigenvalue weighted by Crippen LogP contribution is 2.21. The van der Waals surface area contributed by atoms with Crippen molar-refractivity contribution in [2.75, 3.05) is 12.9 Å². The Hall–Kier alpha value is -0.420. The highest BCUT2D eigenvalue weighted by Gasteiger charge is 2.18. The number of halogens is 2. The summed E-state index contributed by atoms with van der Waals surface area (Å²) >= 11 is 13.4. The van der Waals surface area contributed by atoms with Crippen LogP contribution in [0.1, 0.15) is 12.5 Å². The van der Waals surface area contributed by atoms with E-state index in [1.807, 2.05) is 13.2 Å². The molecule has 0 aliphatic carbocycles. The number of hydrogen-bond donors (Lipinski definition) is 2. The zero-order valence-corrected chi connectivity index (χ0v) is 13.1. The normalized spacial score (nSPS) is 13.9. The molecule has 19 heavy (non-hydrogen) atoms. The molecule has 1 aromatic rings. The van der Waals surface area contributed by atoms with Crippen molar-refractivity contribution in [2.45, 2.75) is 24.6 Å². The van der Waals surface area contributed by atoms with E-state index in [4.69, 9.17) is 28.3 Å². The summed E-state index contributed by atoms with van der Waals surface area (Å²) < 4.78 is 0. The molecular weight excluding hydrogens is 305 g/mol. The maximum absolute atomic E-state index is 11.9. The maximum atomic E-state index is 11.9. The van der Waals surface area contributed by atoms with Crippen LogP contribution in [0.5, 0.6) is 0 Å². The predicted molar refractivity (Wildman–Crippen MR) is 82.2 cm³/mol. The molecule has 0 aliphatic heterocycles. The van der Waals surface area contributed by atoms with Gasteiger partial charge in [-0.05, 0) is 36.9 Å². The van der Waals surface area contributed by atoms with Crippen LogP contribution < -0.4 is 5.32 Å². The molecule has 0 heterocycles. The quantitative estimate of drug-likeness (QED) is 0.847. The van der Waals surface area contributed by atoms with Gasteiger partial charge in [-0.25, -0.2) is 0 Å². The fourth-order valence-electron chi connectivity index (χ4n) is 1.69. The number of thioether (sulfide) groups is 1. The van der Waals surface area contributed by atoms with Gasteiger partial charge < -0.3 is 10.4 Å². The van der Waals surface area contributed by atoms with Crippen LogP contribution in [0.25, 0.3) is 0 Å². The maximum Gasteiger partial charge on any atom is 0.224 e. The van der Waals surface area contributed by atoms with E-state index in [0.29, 0.717) is 15.6 Å². The Labute approximate surface area is 127 Å². The zero-order valence-electron chi connectivity index (χ0n) is 10.8. The Morgan fingerprint density at radius 1 is 1.47 bits per heavy atom. The minimum atomic E-state index is -0.135. The molecule has 2 unspecified atom stereocenters. The lowest BCUT2D eigenvalue weighted by atomic mass is 10.1. The van der Waals surface area contributed by atoms with Crippen LogP contribution >= 0.6 is 35.0 Å². The van der Waals surface area contributed by atoms with Crippen LogP contribution in [-0.2, 0) is 11.2 Å². The highest BCUT2D eigenvalue weighted by atomic mass is 35.5. The molecule has 0 spiro atoms. The molecule has 1 rings (SSSR count). The molecule has 0 saturated carbocycles. The molecule has 3 nitrogen and oxygen atoms in total. The van der Waals surface area contributed by atoms with Crippen LogP contribution in [0.4, 0.5) is 0 Å². The lowest BCUT2D eigenvalue weighted by Crippen LogP contribution is -2.41. The lowest BCUT2D eigenvalue weighted by molar-refractivity contribution is -0.121. The third kappa shape index (κ3) is 5.22. The largest absolute Gasteiger partial charge is 0.395 e. The van der Waals surface area contributed by atoms with Crippen molar-refractivity contribution >= 4 is 40.9 Å². The Morgan fingerprint density at radius 3 is 2.74 bits per heavy atom. The second-order valence-electron chi connectivity index (χ2n) is 4.23. The third-order valence-corrected chi connectivity index (χ3v) is 4.55. The van der Waals surface area contributed by atoms with Gasteiger partial charge in [-0.3, -0.25) is 4.79 Å². The Bertz CT molecular complexity index is 439. The molecule has 2 N–H and O–H groups in total. The standard InChI is InChI=1S/C13H17Cl2NO2S/c1-8(12(7-17)19-2)16-13(18)6-9-5-10(14)3-4-11(9)15/h3-5,8,12,17H,6-7H2,1-2H3,(H,16,18). The van der Waals surface area contributed by atoms with Gasteiger partial charge in [0.05, 0.1) is 13.0 Å². The summed E-state index contributed by atoms with van der Waals surface area (Å²) in [5.41, 5.74) is 0.698. The van der Waals surface area contributed by atoms with Crippen molar-refractivity contribution in [3.63, 3.8) is 0 Å². The molecule has 1 aromatic carbocycles. The van der Waals surface area contributed by atoms with Gasteiger partial charge in [0, 0.05) is 21.3 Å². The van der Waals surface area contributed by atoms with Crippen LogP contribution in [0.2, 0.25) is 10.0 Å². The molecule has 106 valence electrons. The topological polar surface area (TPSA) is 49.3 Å². The smallest absolute Gasteiger partial charge is 0.224 e. The van der Waals surface area contributed by atoms with Gasteiger partial charge in [0.1, 0.15) is 0 Å². The van der Waals surface area contributed by atoms with Crippen molar-refractivity contribution in [2.24, 2.45) is 0 Å². The summed E-state index contributed by atoms with van der Waals surface area (Å²) in [6.07, 6.45) is 2.08. The molecule has 0 radical (unpaired) electrons. The molecule has 2 atom stereocenters. The van der Waals surface area contributed by atoms with Gasteiger partial charge >= 0.3 is 0 Å². The van der Waals surface area contributed by atoms with Crippen LogP contribution in [-0.4, -0.2) is 35.2 Å². The second kappa shape index (κ2) is 8.00. The number of amides is 1. The molecule has 0 aliphatic rings. The van der Waals surface area contributed by atoms with E-state index in [-0.39, 0.29) is 30.2 Å². The van der Waals surface area contributed by atoms with E-state index < -0.39 is 0 Å². The molecule has 6 heteroatoms. The zero-order chi connectivity index (χ0) is 14.4. The van der Waals surface area contributed by atoms with E-state index in [1.54, 1.807) is 18.2 Å². The minimum Gasteiger partial charge on any atom is -0.395 e. The lowest BCUT2D eigenvalue weighted by Gasteiger charge is -2.21. The molecule has 0 saturated heterocycles. The van der Waals surface area contributed by atoms with Crippen molar-refractivity contribution < 1.29 is 9.90 Å². The van der Waals surface area contributed by atoms with Gasteiger partial charge in [-0.1, -0.05) is 23.2 Å². The first-order valence-electron chi connectivity index (χ1n) is 5.85. The number of rotatable bonds is 6. The van der Waals surface area contributed by atoms with Crippen LogP contribution in [0.3, 0.4) is 0 Å². The van der Waals surface area contributed by atoms with Gasteiger partial charge in [0.2, 0.25) is 5.91 Å². The van der Waals surface area contributed by atoms with E-state index in [1.165, 1.54) is 11.8 Å². The van der Waals surface area contributed by atoms with E-state index >= 15 is 0 Å². The summed E-state index contributed by atoms with van der Waals surface area (Å²) in [5.74, 6) is -0.135. The average molecular weight is 322 g/mol. The van der Waals surface area contributed by atoms with Gasteiger partial charge in [-0.15, -0.1) is 0 Å². The molecular formula is C13H17Cl2NO2S. The first-order valence-corrected chi connectivity index (χ1v) is 7.89. The number of hydrogen-bond acceptors (Lipinski definition) is 3. The van der Waals surface area contributed by atoms with Gasteiger partial charge in [-0.2, -0.15) is 11.8 Å². The van der Waals surface area contributed by atoms with E-state index in [9.17, 15) is 4.79 Å². The van der Waals surface area contributed by atoms with Crippen molar-refractivity contribution in [1.82, 2.24) is 5.32 Å². The summed E-state index contributed by atoms with van der Waals surface area (Å²) in [6.45, 7) is 1.90. The number of carbonyl (C=O) groups is 1. The van der Waals surface area contributed by atoms with Gasteiger partial charge in [0.15, 0.2) is 0 Å². The fourth-order valence-corrected chi connectivity index (χ4v) is 2.69. The molecule has 0 bridgehead atoms. The minimum absolute atomic E-state index is 0.0150. The van der Waals surface area contributed by atoms with Crippen molar-refractivity contribution in [3.8, 4) is 0 Å². The highest BCUT2D eigenvalue weighted by molar-refractivity contribution is 7.99. The number of carbonyl (C=O) groups excluding carboxylic acids is 1. The summed E-state index contributed by atoms with van der Waals surface area (Å²) in [4.78, 5) is 11.9. The SMILES string of the molecule is CSC(CO)C(C)NC(=O)Cc1cc(Cl)ccc1Cl. The van der Waals surface area contributed by atoms with Crippen LogP contribution in [0, 0.1) is 0 Å². The Balaban J connectivity index is 2.62. The predicted octanol–water partition coefficient (Wildman–Crippen LogP) is 2.76. The van der Waals surface area contributed by atoms with Crippen LogP contribution in [0.15, 0.2) is 18.2 Å². The monoisotopic (exact) mass is 321 g/mol. The fraction of sp³-hybridized carbons (Fsp3) is 0.462. The summed E-state index contributed by atoms with van der Waals surface area (Å²) in [6, 6.07) is 4.94. The first kappa shape index (κ1) is 16.6. The number of aliphatic hydroxyl groups is 1. The number of benzene rings is 1. The van der Waals surface area contributed by atoms with Crippen molar-refractivity contribution in [1.29, 1.82) is 0 Å². The average Bonchev–Trinajstić information content (AvgIpc) is 2.35. The van der Waals surface area contributed by atoms with E-state index in [2.05, 4.69) is 5.32 Å². The van der Waals surface area contributed by atoms with Gasteiger partial charge in [0.25, 0.3) is 0 Å². The first-order chi connectivity index (χ1) is 8.97. The second-order valence-corrected chi connectivity index (χ2v) is 6.15. The van der Waals surface area contributed by atoms with Crippen molar-refractivity contribution in [3.05, 3.63) is 33.8 Å². The van der Waals surface area contributed by atoms with E-state index in [0.717, 1.165) is 0 Å². The Kier molecular flexibility index (Phi) is 7.00. The molecule has 0 aromatic heterocycles. The summed E-state index contributed by atoms with van der Waals surface area (Å²) in [5, 5.41) is 13.1. The summed E-state index contributed by atoms with van der Waals surface area (Å²) in [7, 11) is 0. The molecule has 0 fully saturated rings. The Morgan fingerprint density at radius 2 is 2.16 bits per heavy atom.